The number of carbonyl (C=O) groups excluding carboxylic acids is 1. The molecule has 1 aliphatic heterocycles. The van der Waals surface area contributed by atoms with E-state index in [0.717, 1.165) is 30.6 Å². The van der Waals surface area contributed by atoms with Crippen molar-refractivity contribution in [2.75, 3.05) is 20.2 Å². The number of fused-ring (bicyclic) bond motifs is 2. The fraction of sp³-hybridized carbons (Fsp3) is 0.476. The number of ether oxygens (including phenoxy) is 1. The van der Waals surface area contributed by atoms with E-state index in [9.17, 15) is 14.7 Å². The summed E-state index contributed by atoms with van der Waals surface area (Å²) in [5, 5.41) is 13.0. The summed E-state index contributed by atoms with van der Waals surface area (Å²) in [4.78, 5) is 26.0. The van der Waals surface area contributed by atoms with Gasteiger partial charge in [0.05, 0.1) is 19.7 Å². The highest BCUT2D eigenvalue weighted by molar-refractivity contribution is 5.94. The van der Waals surface area contributed by atoms with Gasteiger partial charge in [-0.15, -0.1) is 0 Å². The van der Waals surface area contributed by atoms with Crippen LogP contribution in [0.25, 0.3) is 0 Å². The summed E-state index contributed by atoms with van der Waals surface area (Å²) < 4.78 is 10.4. The van der Waals surface area contributed by atoms with E-state index >= 15 is 0 Å². The second-order valence-corrected chi connectivity index (χ2v) is 7.82. The fourth-order valence-corrected chi connectivity index (χ4v) is 4.85. The van der Waals surface area contributed by atoms with E-state index in [1.54, 1.807) is 14.0 Å². The molecule has 1 aromatic heterocycles. The number of piperidine rings is 1. The molecular weight excluding hydrogens is 360 g/mol. The van der Waals surface area contributed by atoms with Crippen molar-refractivity contribution in [3.05, 3.63) is 46.8 Å². The molecule has 1 saturated heterocycles. The number of amides is 1. The highest BCUT2D eigenvalue weighted by Crippen LogP contribution is 2.53. The molecule has 0 bridgehead atoms. The zero-order valence-electron chi connectivity index (χ0n) is 16.1. The largest absolute Gasteiger partial charge is 0.497 e. The minimum absolute atomic E-state index is 0.000904. The van der Waals surface area contributed by atoms with Crippen molar-refractivity contribution in [1.29, 1.82) is 0 Å². The Bertz CT molecular complexity index is 911. The third kappa shape index (κ3) is 3.04. The summed E-state index contributed by atoms with van der Waals surface area (Å²) in [5.74, 6) is 0.482. The third-order valence-electron chi connectivity index (χ3n) is 6.32. The van der Waals surface area contributed by atoms with E-state index in [1.165, 1.54) is 11.8 Å². The molecule has 1 atom stereocenters. The first kappa shape index (κ1) is 18.5. The molecule has 1 unspecified atom stereocenters. The van der Waals surface area contributed by atoms with Gasteiger partial charge in [-0.1, -0.05) is 11.2 Å². The number of aromatic nitrogens is 1. The molecule has 4 rings (SSSR count). The lowest BCUT2D eigenvalue weighted by molar-refractivity contribution is -0.137. The van der Waals surface area contributed by atoms with Crippen LogP contribution in [-0.2, 0) is 10.2 Å². The molecule has 1 amide bonds. The van der Waals surface area contributed by atoms with Gasteiger partial charge in [-0.25, -0.2) is 0 Å². The molecule has 1 spiro atoms. The monoisotopic (exact) mass is 384 g/mol. The highest BCUT2D eigenvalue weighted by atomic mass is 16.5. The maximum Gasteiger partial charge on any atom is 0.303 e. The Labute approximate surface area is 163 Å². The van der Waals surface area contributed by atoms with E-state index < -0.39 is 5.97 Å². The Kier molecular flexibility index (Phi) is 4.61. The first-order valence-corrected chi connectivity index (χ1v) is 9.54. The van der Waals surface area contributed by atoms with Gasteiger partial charge in [0.2, 0.25) is 0 Å². The average molecular weight is 384 g/mol. The van der Waals surface area contributed by atoms with Gasteiger partial charge in [0, 0.05) is 13.1 Å². The summed E-state index contributed by atoms with van der Waals surface area (Å²) in [7, 11) is 1.64. The Balaban J connectivity index is 1.58. The molecule has 7 heteroatoms. The van der Waals surface area contributed by atoms with Gasteiger partial charge in [-0.3, -0.25) is 9.59 Å². The first-order valence-electron chi connectivity index (χ1n) is 9.54. The van der Waals surface area contributed by atoms with E-state index in [0.29, 0.717) is 24.4 Å². The number of aliphatic carboxylic acids is 1. The van der Waals surface area contributed by atoms with E-state index in [1.807, 2.05) is 17.0 Å². The van der Waals surface area contributed by atoms with Crippen molar-refractivity contribution in [3.63, 3.8) is 0 Å². The Morgan fingerprint density at radius 1 is 1.36 bits per heavy atom. The Hall–Kier alpha value is -2.83. The number of nitrogens with zero attached hydrogens (tertiary/aromatic N) is 2. The maximum atomic E-state index is 12.8. The van der Waals surface area contributed by atoms with Crippen LogP contribution < -0.4 is 4.74 Å². The number of aryl methyl sites for hydroxylation is 1. The molecule has 7 nitrogen and oxygen atoms in total. The molecule has 0 saturated carbocycles. The number of hydrogen-bond donors (Lipinski definition) is 1. The van der Waals surface area contributed by atoms with Crippen LogP contribution >= 0.6 is 0 Å². The van der Waals surface area contributed by atoms with Crippen LogP contribution in [0.4, 0.5) is 0 Å². The lowest BCUT2D eigenvalue weighted by Gasteiger charge is -2.40. The van der Waals surface area contributed by atoms with Gasteiger partial charge < -0.3 is 19.3 Å². The number of hydrogen-bond acceptors (Lipinski definition) is 5. The summed E-state index contributed by atoms with van der Waals surface area (Å²) in [6.07, 6.45) is 4.01. The summed E-state index contributed by atoms with van der Waals surface area (Å²) in [6.45, 7) is 2.99. The fourth-order valence-electron chi connectivity index (χ4n) is 4.85. The van der Waals surface area contributed by atoms with Crippen LogP contribution in [0, 0.1) is 6.92 Å². The van der Waals surface area contributed by atoms with Gasteiger partial charge in [-0.05, 0) is 60.8 Å². The van der Waals surface area contributed by atoms with Gasteiger partial charge in [0.1, 0.15) is 17.1 Å². The predicted octanol–water partition coefficient (Wildman–Crippen LogP) is 3.13. The van der Waals surface area contributed by atoms with Crippen molar-refractivity contribution < 1.29 is 24.0 Å². The number of carboxylic acids is 1. The van der Waals surface area contributed by atoms with Crippen LogP contribution in [0.5, 0.6) is 5.75 Å². The molecule has 1 aliphatic carbocycles. The predicted molar refractivity (Wildman–Crippen MR) is 101 cm³/mol. The van der Waals surface area contributed by atoms with Gasteiger partial charge in [0.25, 0.3) is 5.91 Å². The smallest absolute Gasteiger partial charge is 0.303 e. The third-order valence-corrected chi connectivity index (χ3v) is 6.32. The minimum atomic E-state index is -0.778. The standard InChI is InChI=1S/C21H24N2O5/c1-13-17(12-22-28-13)20(26)23-7-5-21(6-8-23)11-14(9-19(24)25)16-4-3-15(27-2)10-18(16)21/h3-4,10,12,14H,5-9,11H2,1-2H3,(H,24,25). The van der Waals surface area contributed by atoms with E-state index in [4.69, 9.17) is 9.26 Å². The molecular formula is C21H24N2O5. The number of likely N-dealkylation sites (tertiary alicyclic amines) is 1. The summed E-state index contributed by atoms with van der Waals surface area (Å²) >= 11 is 0. The number of carbonyl (C=O) groups is 2. The van der Waals surface area contributed by atoms with Crippen molar-refractivity contribution in [1.82, 2.24) is 10.1 Å². The van der Waals surface area contributed by atoms with Crippen LogP contribution in [0.15, 0.2) is 28.9 Å². The van der Waals surface area contributed by atoms with Crippen LogP contribution in [0.2, 0.25) is 0 Å². The Morgan fingerprint density at radius 3 is 2.71 bits per heavy atom. The maximum absolute atomic E-state index is 12.8. The first-order chi connectivity index (χ1) is 13.4. The van der Waals surface area contributed by atoms with Crippen molar-refractivity contribution in [2.24, 2.45) is 0 Å². The zero-order chi connectivity index (χ0) is 19.9. The van der Waals surface area contributed by atoms with Crippen molar-refractivity contribution in [2.45, 2.75) is 43.9 Å². The zero-order valence-corrected chi connectivity index (χ0v) is 16.1. The molecule has 2 aromatic rings. The molecule has 2 heterocycles. The second-order valence-electron chi connectivity index (χ2n) is 7.82. The molecule has 0 radical (unpaired) electrons. The van der Waals surface area contributed by atoms with Crippen molar-refractivity contribution >= 4 is 11.9 Å². The van der Waals surface area contributed by atoms with Crippen LogP contribution in [-0.4, -0.2) is 47.2 Å². The molecule has 1 aromatic carbocycles. The number of rotatable bonds is 4. The van der Waals surface area contributed by atoms with Crippen LogP contribution in [0.1, 0.15) is 58.8 Å². The quantitative estimate of drug-likeness (QED) is 0.871. The normalized spacial score (nSPS) is 20.2. The lowest BCUT2D eigenvalue weighted by atomic mass is 9.73. The average Bonchev–Trinajstić information content (AvgIpc) is 3.23. The van der Waals surface area contributed by atoms with E-state index in [-0.39, 0.29) is 23.7 Å². The SMILES string of the molecule is COc1ccc2c(c1)C1(CCN(C(=O)c3cnoc3C)CC1)CC2CC(=O)O. The number of methoxy groups -OCH3 is 1. The Morgan fingerprint density at radius 2 is 2.11 bits per heavy atom. The van der Waals surface area contributed by atoms with Crippen molar-refractivity contribution in [3.8, 4) is 5.75 Å². The molecule has 1 fully saturated rings. The van der Waals surface area contributed by atoms with Crippen LogP contribution in [0.3, 0.4) is 0 Å². The van der Waals surface area contributed by atoms with Gasteiger partial charge >= 0.3 is 5.97 Å². The molecule has 1 N–H and O–H groups in total. The topological polar surface area (TPSA) is 92.9 Å². The number of benzene rings is 1. The number of carboxylic acid groups (broad SMARTS) is 1. The van der Waals surface area contributed by atoms with Gasteiger partial charge in [0.15, 0.2) is 0 Å². The summed E-state index contributed by atoms with van der Waals surface area (Å²) in [5.41, 5.74) is 2.70. The lowest BCUT2D eigenvalue weighted by Crippen LogP contribution is -2.44. The second kappa shape index (κ2) is 6.96. The molecule has 148 valence electrons. The molecule has 2 aliphatic rings. The molecule has 28 heavy (non-hydrogen) atoms. The van der Waals surface area contributed by atoms with Gasteiger partial charge in [-0.2, -0.15) is 0 Å². The highest BCUT2D eigenvalue weighted by Gasteiger charge is 2.46. The minimum Gasteiger partial charge on any atom is -0.497 e. The van der Waals surface area contributed by atoms with E-state index in [2.05, 4.69) is 11.2 Å². The summed E-state index contributed by atoms with van der Waals surface area (Å²) in [6, 6.07) is 5.97.